The van der Waals surface area contributed by atoms with Crippen LogP contribution in [-0.4, -0.2) is 30.2 Å². The van der Waals surface area contributed by atoms with Crippen molar-refractivity contribution in [1.29, 1.82) is 0 Å². The number of methoxy groups -OCH3 is 1. The van der Waals surface area contributed by atoms with E-state index in [9.17, 15) is 9.59 Å². The van der Waals surface area contributed by atoms with Gasteiger partial charge in [-0.05, 0) is 30.2 Å². The van der Waals surface area contributed by atoms with Crippen molar-refractivity contribution in [2.75, 3.05) is 13.7 Å². The molecule has 0 fully saturated rings. The van der Waals surface area contributed by atoms with Crippen LogP contribution in [0.2, 0.25) is 0 Å². The van der Waals surface area contributed by atoms with Crippen molar-refractivity contribution >= 4 is 28.9 Å². The van der Waals surface area contributed by atoms with Crippen LogP contribution in [0.3, 0.4) is 0 Å². The van der Waals surface area contributed by atoms with Crippen LogP contribution in [0.1, 0.15) is 18.1 Å². The van der Waals surface area contributed by atoms with Crippen molar-refractivity contribution in [2.24, 2.45) is 0 Å². The molecule has 0 N–H and O–H groups in total. The van der Waals surface area contributed by atoms with Gasteiger partial charge in [0, 0.05) is 16.5 Å². The lowest BCUT2D eigenvalue weighted by Gasteiger charge is -2.12. The molecule has 5 heteroatoms. The molecule has 5 nitrogen and oxygen atoms in total. The minimum Gasteiger partial charge on any atom is -0.466 e. The number of para-hydroxylation sites is 1. The number of rotatable bonds is 4. The zero-order valence-corrected chi connectivity index (χ0v) is 15.9. The van der Waals surface area contributed by atoms with E-state index in [0.717, 1.165) is 33.3 Å². The Morgan fingerprint density at radius 1 is 1.07 bits per heavy atom. The third-order valence-corrected chi connectivity index (χ3v) is 5.02. The maximum atomic E-state index is 12.4. The molecule has 0 aliphatic carbocycles. The van der Waals surface area contributed by atoms with E-state index in [4.69, 9.17) is 9.47 Å². The number of fused-ring (bicyclic) bond motifs is 5. The average molecular weight is 375 g/mol. The average Bonchev–Trinajstić information content (AvgIpc) is 2.89. The molecular weight excluding hydrogens is 354 g/mol. The standard InChI is InChI=1S/C23H21NO4/c1-3-28-21(25)13-19-18-10-6-7-11-20(18)24-14-16(23(26)27-2)12-15-8-4-5-9-17(15)22(19)24/h4-12H,3,13-14H2,1-2H3. The van der Waals surface area contributed by atoms with Crippen molar-refractivity contribution in [3.63, 3.8) is 0 Å². The quantitative estimate of drug-likeness (QED) is 0.647. The molecule has 4 rings (SSSR count). The third kappa shape index (κ3) is 2.99. The van der Waals surface area contributed by atoms with Crippen LogP contribution in [0.4, 0.5) is 0 Å². The molecule has 142 valence electrons. The van der Waals surface area contributed by atoms with Gasteiger partial charge in [-0.15, -0.1) is 0 Å². The smallest absolute Gasteiger partial charge is 0.335 e. The Hall–Kier alpha value is -3.34. The number of hydrogen-bond donors (Lipinski definition) is 0. The number of aromatic nitrogens is 1. The molecule has 0 unspecified atom stereocenters. The largest absolute Gasteiger partial charge is 0.466 e. The van der Waals surface area contributed by atoms with Gasteiger partial charge in [0.2, 0.25) is 0 Å². The van der Waals surface area contributed by atoms with Gasteiger partial charge in [0.1, 0.15) is 0 Å². The van der Waals surface area contributed by atoms with Crippen molar-refractivity contribution in [2.45, 2.75) is 19.9 Å². The molecule has 0 saturated heterocycles. The maximum Gasteiger partial charge on any atom is 0.335 e. The Morgan fingerprint density at radius 3 is 2.61 bits per heavy atom. The number of carbonyl (C=O) groups is 2. The second-order valence-electron chi connectivity index (χ2n) is 6.66. The van der Waals surface area contributed by atoms with Crippen LogP contribution >= 0.6 is 0 Å². The Kier molecular flexibility index (Phi) is 4.74. The molecule has 0 spiro atoms. The SMILES string of the molecule is CCOC(=O)Cc1c2n(c3ccccc13)CC(C(=O)OC)=Cc1ccccc1-2. The Bertz CT molecular complexity index is 1110. The summed E-state index contributed by atoms with van der Waals surface area (Å²) in [6.45, 7) is 2.52. The van der Waals surface area contributed by atoms with Crippen LogP contribution in [0, 0.1) is 0 Å². The topological polar surface area (TPSA) is 57.5 Å². The lowest BCUT2D eigenvalue weighted by atomic mass is 9.98. The summed E-state index contributed by atoms with van der Waals surface area (Å²) >= 11 is 0. The fourth-order valence-corrected chi connectivity index (χ4v) is 3.88. The highest BCUT2D eigenvalue weighted by molar-refractivity contribution is 6.01. The molecule has 2 aromatic carbocycles. The molecule has 0 radical (unpaired) electrons. The number of ether oxygens (including phenoxy) is 2. The first-order valence-electron chi connectivity index (χ1n) is 9.28. The number of nitrogens with zero attached hydrogens (tertiary/aromatic N) is 1. The summed E-state index contributed by atoms with van der Waals surface area (Å²) in [5.41, 5.74) is 5.31. The van der Waals surface area contributed by atoms with Gasteiger partial charge in [0.25, 0.3) is 0 Å². The fourth-order valence-electron chi connectivity index (χ4n) is 3.88. The van der Waals surface area contributed by atoms with Crippen LogP contribution in [0.15, 0.2) is 54.1 Å². The van der Waals surface area contributed by atoms with E-state index < -0.39 is 0 Å². The van der Waals surface area contributed by atoms with Gasteiger partial charge >= 0.3 is 11.9 Å². The molecule has 0 bridgehead atoms. The van der Waals surface area contributed by atoms with E-state index in [2.05, 4.69) is 4.57 Å². The highest BCUT2D eigenvalue weighted by Crippen LogP contribution is 2.39. The maximum absolute atomic E-state index is 12.4. The molecule has 1 aromatic heterocycles. The molecule has 0 saturated carbocycles. The molecular formula is C23H21NO4. The van der Waals surface area contributed by atoms with E-state index in [-0.39, 0.29) is 18.4 Å². The normalized spacial score (nSPS) is 12.6. The predicted molar refractivity (Wildman–Crippen MR) is 108 cm³/mol. The summed E-state index contributed by atoms with van der Waals surface area (Å²) in [5, 5.41) is 0.992. The van der Waals surface area contributed by atoms with E-state index in [1.165, 1.54) is 7.11 Å². The summed E-state index contributed by atoms with van der Waals surface area (Å²) in [5.74, 6) is -0.614. The first-order chi connectivity index (χ1) is 13.6. The number of hydrogen-bond acceptors (Lipinski definition) is 4. The monoisotopic (exact) mass is 375 g/mol. The van der Waals surface area contributed by atoms with E-state index in [0.29, 0.717) is 18.7 Å². The minimum absolute atomic E-state index is 0.179. The van der Waals surface area contributed by atoms with Gasteiger partial charge < -0.3 is 14.0 Å². The van der Waals surface area contributed by atoms with Gasteiger partial charge in [0.05, 0.1) is 37.9 Å². The second-order valence-corrected chi connectivity index (χ2v) is 6.66. The first kappa shape index (κ1) is 18.0. The van der Waals surface area contributed by atoms with Gasteiger partial charge in [-0.25, -0.2) is 4.79 Å². The molecule has 1 aliphatic rings. The van der Waals surface area contributed by atoms with E-state index in [1.54, 1.807) is 6.92 Å². The molecule has 1 aliphatic heterocycles. The fraction of sp³-hybridized carbons (Fsp3) is 0.217. The van der Waals surface area contributed by atoms with Crippen LogP contribution in [-0.2, 0) is 32.0 Å². The summed E-state index contributed by atoms with van der Waals surface area (Å²) in [6.07, 6.45) is 2.05. The summed E-state index contributed by atoms with van der Waals surface area (Å²) in [4.78, 5) is 24.7. The van der Waals surface area contributed by atoms with Crippen molar-refractivity contribution in [1.82, 2.24) is 4.57 Å². The summed E-state index contributed by atoms with van der Waals surface area (Å²) in [7, 11) is 1.39. The highest BCUT2D eigenvalue weighted by atomic mass is 16.5. The van der Waals surface area contributed by atoms with E-state index >= 15 is 0 Å². The number of esters is 2. The van der Waals surface area contributed by atoms with Crippen molar-refractivity contribution in [3.8, 4) is 11.3 Å². The first-order valence-corrected chi connectivity index (χ1v) is 9.28. The molecule has 28 heavy (non-hydrogen) atoms. The zero-order chi connectivity index (χ0) is 19.7. The lowest BCUT2D eigenvalue weighted by molar-refractivity contribution is -0.142. The van der Waals surface area contributed by atoms with E-state index in [1.807, 2.05) is 54.6 Å². The Labute approximate surface area is 163 Å². The molecule has 0 amide bonds. The third-order valence-electron chi connectivity index (χ3n) is 5.02. The highest BCUT2D eigenvalue weighted by Gasteiger charge is 2.26. The zero-order valence-electron chi connectivity index (χ0n) is 15.9. The second kappa shape index (κ2) is 7.35. The molecule has 2 heterocycles. The Morgan fingerprint density at radius 2 is 1.82 bits per heavy atom. The van der Waals surface area contributed by atoms with Crippen LogP contribution in [0.25, 0.3) is 28.2 Å². The number of benzene rings is 2. The van der Waals surface area contributed by atoms with Crippen molar-refractivity contribution < 1.29 is 19.1 Å². The van der Waals surface area contributed by atoms with Gasteiger partial charge in [0.15, 0.2) is 0 Å². The molecule has 3 aromatic rings. The van der Waals surface area contributed by atoms with Gasteiger partial charge in [-0.3, -0.25) is 4.79 Å². The minimum atomic E-state index is -0.354. The summed E-state index contributed by atoms with van der Waals surface area (Å²) in [6, 6.07) is 15.8. The van der Waals surface area contributed by atoms with Gasteiger partial charge in [-0.1, -0.05) is 42.5 Å². The number of carbonyl (C=O) groups excluding carboxylic acids is 2. The Balaban J connectivity index is 2.01. The summed E-state index contributed by atoms with van der Waals surface area (Å²) < 4.78 is 12.3. The van der Waals surface area contributed by atoms with Crippen LogP contribution in [0.5, 0.6) is 0 Å². The predicted octanol–water partition coefficient (Wildman–Crippen LogP) is 3.98. The van der Waals surface area contributed by atoms with Crippen LogP contribution < -0.4 is 0 Å². The van der Waals surface area contributed by atoms with Gasteiger partial charge in [-0.2, -0.15) is 0 Å². The van der Waals surface area contributed by atoms with Crippen molar-refractivity contribution in [3.05, 3.63) is 65.2 Å². The lowest BCUT2D eigenvalue weighted by Crippen LogP contribution is -2.11. The molecule has 0 atom stereocenters.